The van der Waals surface area contributed by atoms with E-state index in [1.165, 1.54) is 18.2 Å². The summed E-state index contributed by atoms with van der Waals surface area (Å²) in [5, 5.41) is 2.28. The van der Waals surface area contributed by atoms with Crippen molar-refractivity contribution in [2.75, 3.05) is 0 Å². The predicted octanol–water partition coefficient (Wildman–Crippen LogP) is 4.32. The third kappa shape index (κ3) is 4.64. The first-order valence-electron chi connectivity index (χ1n) is 7.32. The summed E-state index contributed by atoms with van der Waals surface area (Å²) in [7, 11) is 0. The minimum absolute atomic E-state index is 0.0527. The number of ether oxygens (including phenoxy) is 1. The zero-order valence-corrected chi connectivity index (χ0v) is 13.2. The maximum atomic E-state index is 12.5. The van der Waals surface area contributed by atoms with Crippen LogP contribution >= 0.6 is 11.6 Å². The van der Waals surface area contributed by atoms with E-state index in [0.29, 0.717) is 12.0 Å². The van der Waals surface area contributed by atoms with Gasteiger partial charge in [0.1, 0.15) is 0 Å². The van der Waals surface area contributed by atoms with Crippen LogP contribution in [0.1, 0.15) is 37.3 Å². The molecular weight excluding hydrogens is 331 g/mol. The molecular formula is C16H17ClF3NO2. The van der Waals surface area contributed by atoms with Crippen molar-refractivity contribution in [1.82, 2.24) is 5.32 Å². The number of alkyl halides is 4. The van der Waals surface area contributed by atoms with Gasteiger partial charge in [0.05, 0.1) is 10.9 Å². The van der Waals surface area contributed by atoms with Gasteiger partial charge >= 0.3 is 6.18 Å². The summed E-state index contributed by atoms with van der Waals surface area (Å²) >= 11 is 6.18. The smallest absolute Gasteiger partial charge is 0.416 e. The molecule has 1 aliphatic heterocycles. The topological polar surface area (TPSA) is 38.3 Å². The molecule has 3 nitrogen and oxygen atoms in total. The summed E-state index contributed by atoms with van der Waals surface area (Å²) in [5.74, 6) is -0.367. The fraction of sp³-hybridized carbons (Fsp3) is 0.438. The van der Waals surface area contributed by atoms with Crippen LogP contribution in [0.4, 0.5) is 13.2 Å². The van der Waals surface area contributed by atoms with Crippen LogP contribution in [0.3, 0.4) is 0 Å². The molecule has 2 atom stereocenters. The van der Waals surface area contributed by atoms with Gasteiger partial charge in [-0.1, -0.05) is 31.9 Å². The number of halogens is 4. The van der Waals surface area contributed by atoms with Gasteiger partial charge in [-0.25, -0.2) is 0 Å². The normalized spacial score (nSPS) is 21.2. The SMILES string of the molecule is CCCCC(Cl)C1NC(=O)/C(=C/c2ccc(C(F)(F)F)cc2)O1. The molecule has 1 aromatic carbocycles. The molecule has 0 aromatic heterocycles. The van der Waals surface area contributed by atoms with Gasteiger partial charge in [-0.3, -0.25) is 4.79 Å². The summed E-state index contributed by atoms with van der Waals surface area (Å²) in [6.45, 7) is 2.04. The van der Waals surface area contributed by atoms with Gasteiger partial charge in [0.25, 0.3) is 5.91 Å². The van der Waals surface area contributed by atoms with E-state index < -0.39 is 23.9 Å². The van der Waals surface area contributed by atoms with Crippen LogP contribution in [0.25, 0.3) is 6.08 Å². The van der Waals surface area contributed by atoms with Crippen molar-refractivity contribution in [3.05, 3.63) is 41.2 Å². The second-order valence-electron chi connectivity index (χ2n) is 5.30. The lowest BCUT2D eigenvalue weighted by Crippen LogP contribution is -2.34. The van der Waals surface area contributed by atoms with Crippen molar-refractivity contribution in [2.24, 2.45) is 0 Å². The van der Waals surface area contributed by atoms with E-state index in [9.17, 15) is 18.0 Å². The number of hydrogen-bond donors (Lipinski definition) is 1. The van der Waals surface area contributed by atoms with Gasteiger partial charge < -0.3 is 10.1 Å². The Hall–Kier alpha value is -1.69. The molecule has 2 rings (SSSR count). The Morgan fingerprint density at radius 3 is 2.57 bits per heavy atom. The molecule has 126 valence electrons. The number of benzene rings is 1. The van der Waals surface area contributed by atoms with E-state index in [1.54, 1.807) is 0 Å². The van der Waals surface area contributed by atoms with Crippen molar-refractivity contribution >= 4 is 23.6 Å². The van der Waals surface area contributed by atoms with Gasteiger partial charge in [-0.15, -0.1) is 11.6 Å². The Bertz CT molecular complexity index is 584. The number of hydrogen-bond acceptors (Lipinski definition) is 2. The maximum absolute atomic E-state index is 12.5. The maximum Gasteiger partial charge on any atom is 0.416 e. The highest BCUT2D eigenvalue weighted by atomic mass is 35.5. The van der Waals surface area contributed by atoms with E-state index >= 15 is 0 Å². The van der Waals surface area contributed by atoms with Crippen molar-refractivity contribution in [3.8, 4) is 0 Å². The molecule has 0 saturated carbocycles. The van der Waals surface area contributed by atoms with E-state index in [1.807, 2.05) is 6.92 Å². The second kappa shape index (κ2) is 7.25. The van der Waals surface area contributed by atoms with Crippen molar-refractivity contribution in [1.29, 1.82) is 0 Å². The first-order chi connectivity index (χ1) is 10.8. The van der Waals surface area contributed by atoms with E-state index in [-0.39, 0.29) is 11.1 Å². The lowest BCUT2D eigenvalue weighted by molar-refractivity contribution is -0.137. The van der Waals surface area contributed by atoms with Gasteiger partial charge in [-0.2, -0.15) is 13.2 Å². The molecule has 1 saturated heterocycles. The second-order valence-corrected chi connectivity index (χ2v) is 5.86. The summed E-state index contributed by atoms with van der Waals surface area (Å²) in [4.78, 5) is 11.9. The molecule has 23 heavy (non-hydrogen) atoms. The van der Waals surface area contributed by atoms with E-state index in [4.69, 9.17) is 16.3 Å². The zero-order valence-electron chi connectivity index (χ0n) is 12.5. The van der Waals surface area contributed by atoms with Gasteiger partial charge in [0, 0.05) is 0 Å². The first kappa shape index (κ1) is 17.7. The number of carbonyl (C=O) groups is 1. The lowest BCUT2D eigenvalue weighted by Gasteiger charge is -2.15. The molecule has 1 fully saturated rings. The Balaban J connectivity index is 2.06. The van der Waals surface area contributed by atoms with Crippen LogP contribution in [0.5, 0.6) is 0 Å². The standard InChI is InChI=1S/C16H17ClF3NO2/c1-2-3-4-12(17)15-21-14(22)13(23-15)9-10-5-7-11(8-6-10)16(18,19)20/h5-9,12,15H,2-4H2,1H3,(H,21,22)/b13-9-. The minimum atomic E-state index is -4.39. The highest BCUT2D eigenvalue weighted by molar-refractivity contribution is 6.21. The average molecular weight is 348 g/mol. The summed E-state index contributed by atoms with van der Waals surface area (Å²) < 4.78 is 43.0. The molecule has 1 N–H and O–H groups in total. The summed E-state index contributed by atoms with van der Waals surface area (Å²) in [6.07, 6.45) is -0.991. The largest absolute Gasteiger partial charge is 0.463 e. The van der Waals surface area contributed by atoms with Crippen LogP contribution in [0.15, 0.2) is 30.0 Å². The average Bonchev–Trinajstić information content (AvgIpc) is 2.85. The van der Waals surface area contributed by atoms with Crippen molar-refractivity contribution in [2.45, 2.75) is 44.0 Å². The Kier molecular flexibility index (Phi) is 5.57. The van der Waals surface area contributed by atoms with Gasteiger partial charge in [0.15, 0.2) is 12.0 Å². The molecule has 1 amide bonds. The Morgan fingerprint density at radius 2 is 2.00 bits per heavy atom. The third-order valence-corrected chi connectivity index (χ3v) is 3.90. The van der Waals surface area contributed by atoms with Crippen molar-refractivity contribution in [3.63, 3.8) is 0 Å². The molecule has 0 radical (unpaired) electrons. The van der Waals surface area contributed by atoms with Crippen LogP contribution in [-0.2, 0) is 15.7 Å². The quantitative estimate of drug-likeness (QED) is 0.636. The van der Waals surface area contributed by atoms with E-state index in [0.717, 1.165) is 25.0 Å². The Morgan fingerprint density at radius 1 is 1.35 bits per heavy atom. The molecule has 0 spiro atoms. The van der Waals surface area contributed by atoms with Crippen LogP contribution in [0, 0.1) is 0 Å². The van der Waals surface area contributed by atoms with E-state index in [2.05, 4.69) is 5.32 Å². The van der Waals surface area contributed by atoms with Gasteiger partial charge in [-0.05, 0) is 30.2 Å². The number of carbonyl (C=O) groups excluding carboxylic acids is 1. The molecule has 1 aromatic rings. The fourth-order valence-electron chi connectivity index (χ4n) is 2.15. The predicted molar refractivity (Wildman–Crippen MR) is 81.6 cm³/mol. The molecule has 0 aliphatic carbocycles. The number of unbranched alkanes of at least 4 members (excludes halogenated alkanes) is 1. The highest BCUT2D eigenvalue weighted by Crippen LogP contribution is 2.29. The summed E-state index contributed by atoms with van der Waals surface area (Å²) in [6, 6.07) is 4.49. The van der Waals surface area contributed by atoms with Crippen molar-refractivity contribution < 1.29 is 22.7 Å². The molecule has 0 bridgehead atoms. The van der Waals surface area contributed by atoms with Crippen LogP contribution < -0.4 is 5.32 Å². The fourth-order valence-corrected chi connectivity index (χ4v) is 2.42. The Labute approximate surface area is 137 Å². The molecule has 1 heterocycles. The van der Waals surface area contributed by atoms with Crippen LogP contribution in [0.2, 0.25) is 0 Å². The third-order valence-electron chi connectivity index (χ3n) is 3.45. The van der Waals surface area contributed by atoms with Crippen LogP contribution in [-0.4, -0.2) is 17.5 Å². The lowest BCUT2D eigenvalue weighted by atomic mass is 10.1. The highest BCUT2D eigenvalue weighted by Gasteiger charge is 2.33. The molecule has 7 heteroatoms. The van der Waals surface area contributed by atoms with Gasteiger partial charge in [0.2, 0.25) is 0 Å². The molecule has 1 aliphatic rings. The number of nitrogens with one attached hydrogen (secondary N) is 1. The summed E-state index contributed by atoms with van der Waals surface area (Å²) in [5.41, 5.74) is -0.293. The first-order valence-corrected chi connectivity index (χ1v) is 7.75. The number of rotatable bonds is 5. The monoisotopic (exact) mass is 347 g/mol. The minimum Gasteiger partial charge on any atom is -0.463 e. The molecule has 2 unspecified atom stereocenters. The number of amides is 1. The zero-order chi connectivity index (χ0) is 17.0.